The lowest BCUT2D eigenvalue weighted by Gasteiger charge is -2.14. The summed E-state index contributed by atoms with van der Waals surface area (Å²) < 4.78 is 34.8. The number of halogens is 1. The van der Waals surface area contributed by atoms with Gasteiger partial charge in [-0.3, -0.25) is 4.79 Å². The molecule has 0 spiro atoms. The van der Waals surface area contributed by atoms with Crippen molar-refractivity contribution in [3.8, 4) is 17.2 Å². The van der Waals surface area contributed by atoms with Gasteiger partial charge in [-0.1, -0.05) is 6.07 Å². The molecule has 2 aromatic carbocycles. The Bertz CT molecular complexity index is 735. The summed E-state index contributed by atoms with van der Waals surface area (Å²) in [5.41, 5.74) is 0.233. The van der Waals surface area contributed by atoms with E-state index in [1.807, 2.05) is 0 Å². The third kappa shape index (κ3) is 4.60. The van der Waals surface area contributed by atoms with Crippen molar-refractivity contribution in [2.45, 2.75) is 0 Å². The predicted octanol–water partition coefficient (Wildman–Crippen LogP) is 3.12. The summed E-state index contributed by atoms with van der Waals surface area (Å²) in [6.07, 6.45) is 0. The second kappa shape index (κ2) is 8.89. The van der Waals surface area contributed by atoms with Crippen LogP contribution in [0.1, 0.15) is 10.4 Å². The van der Waals surface area contributed by atoms with Crippen LogP contribution in [0.15, 0.2) is 36.4 Å². The summed E-state index contributed by atoms with van der Waals surface area (Å²) >= 11 is 0. The zero-order chi connectivity index (χ0) is 18.2. The van der Waals surface area contributed by atoms with Crippen LogP contribution >= 0.6 is 0 Å². The highest BCUT2D eigenvalue weighted by Crippen LogP contribution is 2.33. The maximum Gasteiger partial charge on any atom is 0.262 e. The van der Waals surface area contributed by atoms with Crippen LogP contribution in [-0.4, -0.2) is 40.5 Å². The molecule has 25 heavy (non-hydrogen) atoms. The molecule has 0 saturated carbocycles. The second-order valence-electron chi connectivity index (χ2n) is 4.98. The van der Waals surface area contributed by atoms with Crippen molar-refractivity contribution in [1.29, 1.82) is 0 Å². The molecule has 0 fully saturated rings. The van der Waals surface area contributed by atoms with Gasteiger partial charge in [-0.15, -0.1) is 0 Å². The normalized spacial score (nSPS) is 10.2. The van der Waals surface area contributed by atoms with Gasteiger partial charge in [0.1, 0.15) is 23.7 Å². The molecule has 6 nitrogen and oxygen atoms in total. The molecule has 0 aliphatic carbocycles. The van der Waals surface area contributed by atoms with Gasteiger partial charge in [0.2, 0.25) is 0 Å². The molecule has 0 saturated heterocycles. The van der Waals surface area contributed by atoms with E-state index in [9.17, 15) is 9.18 Å². The van der Waals surface area contributed by atoms with Crippen LogP contribution in [0.25, 0.3) is 0 Å². The van der Waals surface area contributed by atoms with Gasteiger partial charge in [0.15, 0.2) is 11.5 Å². The monoisotopic (exact) mass is 349 g/mol. The van der Waals surface area contributed by atoms with E-state index >= 15 is 0 Å². The Labute approximate surface area is 145 Å². The summed E-state index contributed by atoms with van der Waals surface area (Å²) in [5, 5.41) is 2.63. The highest BCUT2D eigenvalue weighted by atomic mass is 19.1. The van der Waals surface area contributed by atoms with Gasteiger partial charge in [0.25, 0.3) is 5.91 Å². The first kappa shape index (κ1) is 18.5. The molecule has 0 unspecified atom stereocenters. The van der Waals surface area contributed by atoms with Gasteiger partial charge < -0.3 is 24.3 Å². The van der Waals surface area contributed by atoms with E-state index in [-0.39, 0.29) is 17.1 Å². The number of hydrogen-bond acceptors (Lipinski definition) is 5. The van der Waals surface area contributed by atoms with Crippen LogP contribution in [-0.2, 0) is 4.74 Å². The van der Waals surface area contributed by atoms with Crippen LogP contribution in [0.3, 0.4) is 0 Å². The molecule has 0 aliphatic rings. The van der Waals surface area contributed by atoms with E-state index in [1.54, 1.807) is 31.4 Å². The van der Waals surface area contributed by atoms with E-state index in [1.165, 1.54) is 20.3 Å². The molecule has 2 rings (SSSR count). The lowest BCUT2D eigenvalue weighted by atomic mass is 10.1. The first-order chi connectivity index (χ1) is 12.1. The number of anilines is 1. The minimum atomic E-state index is -0.706. The van der Waals surface area contributed by atoms with Crippen LogP contribution < -0.4 is 19.5 Å². The largest absolute Gasteiger partial charge is 0.493 e. The highest BCUT2D eigenvalue weighted by Gasteiger charge is 2.22. The molecule has 0 aromatic heterocycles. The Morgan fingerprint density at radius 1 is 1.08 bits per heavy atom. The summed E-state index contributed by atoms with van der Waals surface area (Å²) in [6.45, 7) is 0.828. The average Bonchev–Trinajstić information content (AvgIpc) is 2.61. The molecule has 2 aromatic rings. The maximum atomic E-state index is 14.2. The quantitative estimate of drug-likeness (QED) is 0.742. The fourth-order valence-electron chi connectivity index (χ4n) is 2.21. The molecule has 7 heteroatoms. The number of amides is 1. The second-order valence-corrected chi connectivity index (χ2v) is 4.98. The molecule has 0 atom stereocenters. The van der Waals surface area contributed by atoms with Gasteiger partial charge in [-0.2, -0.15) is 0 Å². The zero-order valence-electron chi connectivity index (χ0n) is 14.3. The predicted molar refractivity (Wildman–Crippen MR) is 91.3 cm³/mol. The van der Waals surface area contributed by atoms with Crippen molar-refractivity contribution < 1.29 is 28.1 Å². The number of hydrogen-bond donors (Lipinski definition) is 1. The molecule has 1 N–H and O–H groups in total. The molecule has 0 bridgehead atoms. The van der Waals surface area contributed by atoms with Crippen LogP contribution in [0.5, 0.6) is 17.2 Å². The summed E-state index contributed by atoms with van der Waals surface area (Å²) in [5.74, 6) is -0.490. The average molecular weight is 349 g/mol. The maximum absolute atomic E-state index is 14.2. The van der Waals surface area contributed by atoms with E-state index in [0.717, 1.165) is 6.07 Å². The number of benzene rings is 2. The number of carbonyl (C=O) groups is 1. The topological polar surface area (TPSA) is 66.0 Å². The molecule has 0 aliphatic heterocycles. The molecule has 134 valence electrons. The van der Waals surface area contributed by atoms with Crippen molar-refractivity contribution in [2.75, 3.05) is 39.9 Å². The highest BCUT2D eigenvalue weighted by molar-refractivity contribution is 6.07. The SMILES string of the molecule is COCCOc1cccc(NC(=O)c2c(F)ccc(OC)c2OC)c1. The van der Waals surface area contributed by atoms with Crippen molar-refractivity contribution in [1.82, 2.24) is 0 Å². The Hall–Kier alpha value is -2.80. The smallest absolute Gasteiger partial charge is 0.262 e. The fourth-order valence-corrected chi connectivity index (χ4v) is 2.21. The Morgan fingerprint density at radius 2 is 1.88 bits per heavy atom. The summed E-state index contributed by atoms with van der Waals surface area (Å²) in [4.78, 5) is 12.5. The van der Waals surface area contributed by atoms with Gasteiger partial charge in [-0.05, 0) is 24.3 Å². The lowest BCUT2D eigenvalue weighted by Crippen LogP contribution is -2.16. The number of nitrogens with one attached hydrogen (secondary N) is 1. The van der Waals surface area contributed by atoms with E-state index in [2.05, 4.69) is 5.32 Å². The van der Waals surface area contributed by atoms with E-state index in [4.69, 9.17) is 18.9 Å². The Balaban J connectivity index is 2.21. The van der Waals surface area contributed by atoms with Gasteiger partial charge in [0, 0.05) is 18.9 Å². The minimum Gasteiger partial charge on any atom is -0.493 e. The summed E-state index contributed by atoms with van der Waals surface area (Å²) in [7, 11) is 4.34. The fraction of sp³-hybridized carbons (Fsp3) is 0.278. The standard InChI is InChI=1S/C18H20FNO5/c1-22-9-10-25-13-6-4-5-12(11-13)20-18(21)16-14(19)7-8-15(23-2)17(16)24-3/h4-8,11H,9-10H2,1-3H3,(H,20,21). The van der Waals surface area contributed by atoms with Gasteiger partial charge in [0.05, 0.1) is 20.8 Å². The third-order valence-corrected chi connectivity index (χ3v) is 3.37. The van der Waals surface area contributed by atoms with Gasteiger partial charge >= 0.3 is 0 Å². The molecule has 0 heterocycles. The number of ether oxygens (including phenoxy) is 4. The molecule has 0 radical (unpaired) electrons. The number of methoxy groups -OCH3 is 3. The van der Waals surface area contributed by atoms with Crippen molar-refractivity contribution in [3.05, 3.63) is 47.8 Å². The minimum absolute atomic E-state index is 0.0347. The van der Waals surface area contributed by atoms with Gasteiger partial charge in [-0.25, -0.2) is 4.39 Å². The first-order valence-electron chi connectivity index (χ1n) is 7.54. The van der Waals surface area contributed by atoms with Crippen LogP contribution in [0.2, 0.25) is 0 Å². The molecular formula is C18H20FNO5. The Kier molecular flexibility index (Phi) is 6.59. The van der Waals surface area contributed by atoms with Crippen molar-refractivity contribution in [2.24, 2.45) is 0 Å². The zero-order valence-corrected chi connectivity index (χ0v) is 14.3. The van der Waals surface area contributed by atoms with Crippen molar-refractivity contribution >= 4 is 11.6 Å². The lowest BCUT2D eigenvalue weighted by molar-refractivity contribution is 0.101. The van der Waals surface area contributed by atoms with E-state index < -0.39 is 11.7 Å². The Morgan fingerprint density at radius 3 is 2.56 bits per heavy atom. The van der Waals surface area contributed by atoms with E-state index in [0.29, 0.717) is 24.7 Å². The van der Waals surface area contributed by atoms with Crippen LogP contribution in [0, 0.1) is 5.82 Å². The summed E-state index contributed by atoms with van der Waals surface area (Å²) in [6, 6.07) is 9.33. The number of carbonyl (C=O) groups excluding carboxylic acids is 1. The third-order valence-electron chi connectivity index (χ3n) is 3.37. The first-order valence-corrected chi connectivity index (χ1v) is 7.54. The molecular weight excluding hydrogens is 329 g/mol. The van der Waals surface area contributed by atoms with Crippen LogP contribution in [0.4, 0.5) is 10.1 Å². The van der Waals surface area contributed by atoms with Crippen molar-refractivity contribution in [3.63, 3.8) is 0 Å². The molecule has 1 amide bonds. The number of rotatable bonds is 8.